The van der Waals surface area contributed by atoms with Crippen LogP contribution in [0.4, 0.5) is 16.2 Å². The summed E-state index contributed by atoms with van der Waals surface area (Å²) in [5.41, 5.74) is 5.05. The number of pyridine rings is 1. The minimum absolute atomic E-state index is 0.194. The lowest BCUT2D eigenvalue weighted by atomic mass is 9.93. The maximum absolute atomic E-state index is 14.3. The molecule has 6 rings (SSSR count). The van der Waals surface area contributed by atoms with Crippen molar-refractivity contribution in [1.82, 2.24) is 19.9 Å². The quantitative estimate of drug-likeness (QED) is 0.445. The highest BCUT2D eigenvalue weighted by Gasteiger charge is 2.34. The van der Waals surface area contributed by atoms with Crippen LogP contribution in [0.3, 0.4) is 0 Å². The third kappa shape index (κ3) is 3.90. The predicted octanol–water partition coefficient (Wildman–Crippen LogP) is 4.75. The smallest absolute Gasteiger partial charge is 0.226 e. The molecule has 1 aromatic carbocycles. The standard InChI is InChI=1S/C26H26ClFN6O/c1-15-23(28)16(2)31-26(30-15)34-8-7-19-20-13-18(27)4-5-21(20)32-24(19)25(34)17-3-6-22(29-14-17)33-9-11-35-12-10-33/h3-6,13-14,25,32H,7-12H2,1-2H3. The summed E-state index contributed by atoms with van der Waals surface area (Å²) in [5.74, 6) is 1.10. The first-order valence-electron chi connectivity index (χ1n) is 11.9. The number of anilines is 2. The first-order valence-corrected chi connectivity index (χ1v) is 12.2. The largest absolute Gasteiger partial charge is 0.378 e. The number of H-pyrrole nitrogens is 1. The summed E-state index contributed by atoms with van der Waals surface area (Å²) in [6.45, 7) is 7.13. The van der Waals surface area contributed by atoms with Crippen LogP contribution in [0.2, 0.25) is 5.02 Å². The fraction of sp³-hybridized carbons (Fsp3) is 0.346. The van der Waals surface area contributed by atoms with E-state index in [1.807, 2.05) is 24.4 Å². The fourth-order valence-electron chi connectivity index (χ4n) is 5.17. The van der Waals surface area contributed by atoms with E-state index in [0.717, 1.165) is 47.5 Å². The lowest BCUT2D eigenvalue weighted by molar-refractivity contribution is 0.122. The van der Waals surface area contributed by atoms with Crippen molar-refractivity contribution in [3.63, 3.8) is 0 Å². The molecule has 1 unspecified atom stereocenters. The van der Waals surface area contributed by atoms with Crippen molar-refractivity contribution in [2.45, 2.75) is 26.3 Å². The minimum atomic E-state index is -0.361. The second-order valence-corrected chi connectivity index (χ2v) is 9.55. The Morgan fingerprint density at radius 3 is 2.54 bits per heavy atom. The Labute approximate surface area is 207 Å². The van der Waals surface area contributed by atoms with Gasteiger partial charge in [0.25, 0.3) is 0 Å². The van der Waals surface area contributed by atoms with Gasteiger partial charge in [-0.15, -0.1) is 0 Å². The normalized spacial score (nSPS) is 18.2. The zero-order chi connectivity index (χ0) is 24.1. The van der Waals surface area contributed by atoms with E-state index in [9.17, 15) is 4.39 Å². The Balaban J connectivity index is 1.47. The van der Waals surface area contributed by atoms with Gasteiger partial charge in [-0.1, -0.05) is 17.7 Å². The van der Waals surface area contributed by atoms with Crippen molar-refractivity contribution in [2.75, 3.05) is 42.6 Å². The number of nitrogens with zero attached hydrogens (tertiary/aromatic N) is 5. The molecule has 1 N–H and O–H groups in total. The molecule has 0 amide bonds. The average Bonchev–Trinajstić information content (AvgIpc) is 3.25. The molecule has 0 radical (unpaired) electrons. The molecule has 2 aliphatic rings. The number of hydrogen-bond acceptors (Lipinski definition) is 6. The zero-order valence-electron chi connectivity index (χ0n) is 19.7. The molecule has 5 heterocycles. The molecule has 1 atom stereocenters. The van der Waals surface area contributed by atoms with Gasteiger partial charge in [-0.3, -0.25) is 0 Å². The van der Waals surface area contributed by atoms with Crippen LogP contribution in [0.15, 0.2) is 36.5 Å². The number of morpholine rings is 1. The monoisotopic (exact) mass is 492 g/mol. The number of aromatic nitrogens is 4. The molecule has 0 aliphatic carbocycles. The highest BCUT2D eigenvalue weighted by molar-refractivity contribution is 6.31. The number of benzene rings is 1. The number of halogens is 2. The first-order chi connectivity index (χ1) is 17.0. The zero-order valence-corrected chi connectivity index (χ0v) is 20.4. The lowest BCUT2D eigenvalue weighted by Gasteiger charge is -2.36. The predicted molar refractivity (Wildman–Crippen MR) is 135 cm³/mol. The molecule has 1 fully saturated rings. The summed E-state index contributed by atoms with van der Waals surface area (Å²) in [7, 11) is 0. The lowest BCUT2D eigenvalue weighted by Crippen LogP contribution is -2.38. The number of hydrogen-bond donors (Lipinski definition) is 1. The van der Waals surface area contributed by atoms with Gasteiger partial charge < -0.3 is 19.5 Å². The van der Waals surface area contributed by atoms with Gasteiger partial charge in [0.1, 0.15) is 5.82 Å². The van der Waals surface area contributed by atoms with Crippen LogP contribution in [0, 0.1) is 19.7 Å². The molecular formula is C26H26ClFN6O. The van der Waals surface area contributed by atoms with Gasteiger partial charge in [-0.25, -0.2) is 19.3 Å². The van der Waals surface area contributed by atoms with E-state index >= 15 is 0 Å². The van der Waals surface area contributed by atoms with Crippen LogP contribution in [0.25, 0.3) is 10.9 Å². The van der Waals surface area contributed by atoms with Crippen molar-refractivity contribution in [3.05, 3.63) is 75.6 Å². The Hall–Kier alpha value is -3.23. The summed E-state index contributed by atoms with van der Waals surface area (Å²) < 4.78 is 19.8. The van der Waals surface area contributed by atoms with E-state index in [2.05, 4.69) is 36.9 Å². The maximum atomic E-state index is 14.3. The van der Waals surface area contributed by atoms with Crippen LogP contribution < -0.4 is 9.80 Å². The topological polar surface area (TPSA) is 70.2 Å². The fourth-order valence-corrected chi connectivity index (χ4v) is 5.35. The summed E-state index contributed by atoms with van der Waals surface area (Å²) in [6.07, 6.45) is 2.73. The van der Waals surface area contributed by atoms with Crippen molar-refractivity contribution in [2.24, 2.45) is 0 Å². The average molecular weight is 493 g/mol. The van der Waals surface area contributed by atoms with Crippen molar-refractivity contribution >= 4 is 34.3 Å². The Morgan fingerprint density at radius 1 is 1.06 bits per heavy atom. The Kier molecular flexibility index (Phi) is 5.57. The highest BCUT2D eigenvalue weighted by Crippen LogP contribution is 2.40. The summed E-state index contributed by atoms with van der Waals surface area (Å²) >= 11 is 6.33. The van der Waals surface area contributed by atoms with E-state index in [4.69, 9.17) is 21.3 Å². The number of aryl methyl sites for hydroxylation is 2. The van der Waals surface area contributed by atoms with E-state index in [1.165, 1.54) is 5.56 Å². The molecule has 3 aromatic heterocycles. The molecule has 0 saturated carbocycles. The van der Waals surface area contributed by atoms with E-state index in [0.29, 0.717) is 42.1 Å². The van der Waals surface area contributed by atoms with E-state index in [1.54, 1.807) is 13.8 Å². The second kappa shape index (κ2) is 8.77. The van der Waals surface area contributed by atoms with Gasteiger partial charge in [0, 0.05) is 47.5 Å². The van der Waals surface area contributed by atoms with Crippen LogP contribution in [-0.4, -0.2) is 52.8 Å². The van der Waals surface area contributed by atoms with Gasteiger partial charge in [0.15, 0.2) is 5.82 Å². The summed E-state index contributed by atoms with van der Waals surface area (Å²) in [5, 5.41) is 1.84. The molecule has 2 aliphatic heterocycles. The van der Waals surface area contributed by atoms with Gasteiger partial charge >= 0.3 is 0 Å². The number of fused-ring (bicyclic) bond motifs is 3. The molecule has 7 nitrogen and oxygen atoms in total. The minimum Gasteiger partial charge on any atom is -0.378 e. The maximum Gasteiger partial charge on any atom is 0.226 e. The van der Waals surface area contributed by atoms with Crippen molar-refractivity contribution in [3.8, 4) is 0 Å². The molecule has 0 spiro atoms. The van der Waals surface area contributed by atoms with Gasteiger partial charge in [0.2, 0.25) is 5.95 Å². The van der Waals surface area contributed by atoms with Crippen LogP contribution >= 0.6 is 11.6 Å². The number of aromatic amines is 1. The molecule has 4 aromatic rings. The van der Waals surface area contributed by atoms with Crippen LogP contribution in [0.5, 0.6) is 0 Å². The third-order valence-electron chi connectivity index (χ3n) is 6.94. The van der Waals surface area contributed by atoms with Crippen LogP contribution in [-0.2, 0) is 11.2 Å². The van der Waals surface area contributed by atoms with Crippen molar-refractivity contribution < 1.29 is 9.13 Å². The van der Waals surface area contributed by atoms with Gasteiger partial charge in [0.05, 0.1) is 30.6 Å². The second-order valence-electron chi connectivity index (χ2n) is 9.11. The molecular weight excluding hydrogens is 467 g/mol. The van der Waals surface area contributed by atoms with E-state index < -0.39 is 0 Å². The molecule has 180 valence electrons. The SMILES string of the molecule is Cc1nc(N2CCc3c([nH]c4ccc(Cl)cc34)C2c2ccc(N3CCOCC3)nc2)nc(C)c1F. The van der Waals surface area contributed by atoms with E-state index in [-0.39, 0.29) is 11.9 Å². The number of nitrogens with one attached hydrogen (secondary N) is 1. The van der Waals surface area contributed by atoms with Crippen molar-refractivity contribution in [1.29, 1.82) is 0 Å². The molecule has 35 heavy (non-hydrogen) atoms. The Bertz CT molecular complexity index is 1380. The highest BCUT2D eigenvalue weighted by atomic mass is 35.5. The van der Waals surface area contributed by atoms with Gasteiger partial charge in [-0.05, 0) is 55.7 Å². The van der Waals surface area contributed by atoms with Crippen LogP contribution in [0.1, 0.15) is 34.3 Å². The molecule has 0 bridgehead atoms. The number of rotatable bonds is 3. The van der Waals surface area contributed by atoms with Gasteiger partial charge in [-0.2, -0.15) is 0 Å². The molecule has 9 heteroatoms. The Morgan fingerprint density at radius 2 is 1.83 bits per heavy atom. The summed E-state index contributed by atoms with van der Waals surface area (Å²) in [6, 6.07) is 9.91. The third-order valence-corrected chi connectivity index (χ3v) is 7.17. The first kappa shape index (κ1) is 22.2. The number of ether oxygens (including phenoxy) is 1. The molecule has 1 saturated heterocycles. The summed E-state index contributed by atoms with van der Waals surface area (Å²) in [4.78, 5) is 21.9.